The summed E-state index contributed by atoms with van der Waals surface area (Å²) in [4.78, 5) is 16.7. The molecule has 0 atom stereocenters. The Labute approximate surface area is 112 Å². The first-order valence-corrected chi connectivity index (χ1v) is 6.42. The van der Waals surface area contributed by atoms with Crippen molar-refractivity contribution < 1.29 is 13.9 Å². The maximum absolute atomic E-state index is 12.8. The van der Waals surface area contributed by atoms with E-state index < -0.39 is 5.97 Å². The lowest BCUT2D eigenvalue weighted by molar-refractivity contribution is -0.129. The van der Waals surface area contributed by atoms with Crippen molar-refractivity contribution in [3.63, 3.8) is 0 Å². The summed E-state index contributed by atoms with van der Waals surface area (Å²) >= 11 is 1.51. The molecular weight excluding hydrogens is 265 g/mol. The first-order chi connectivity index (χ1) is 9.22. The molecule has 1 aromatic heterocycles. The van der Waals surface area contributed by atoms with E-state index in [1.807, 2.05) is 17.5 Å². The number of ether oxygens (including phenoxy) is 1. The molecular formula is C14H8FNO2S. The van der Waals surface area contributed by atoms with Gasteiger partial charge in [0.1, 0.15) is 5.82 Å². The van der Waals surface area contributed by atoms with E-state index in [9.17, 15) is 9.18 Å². The Balaban J connectivity index is 1.93. The number of cyclic esters (lactones) is 1. The molecule has 0 N–H and O–H groups in total. The second kappa shape index (κ2) is 4.78. The molecule has 0 spiro atoms. The number of thiophene rings is 1. The first kappa shape index (κ1) is 11.8. The third kappa shape index (κ3) is 2.46. The van der Waals surface area contributed by atoms with Gasteiger partial charge in [-0.25, -0.2) is 14.2 Å². The normalized spacial score (nSPS) is 16.6. The highest BCUT2D eigenvalue weighted by atomic mass is 32.1. The Morgan fingerprint density at radius 1 is 1.21 bits per heavy atom. The SMILES string of the molecule is O=C1OC(c2ccc(F)cc2)=N/C1=C\c1cccs1. The zero-order valence-electron chi connectivity index (χ0n) is 9.67. The van der Waals surface area contributed by atoms with Crippen LogP contribution in [0.1, 0.15) is 10.4 Å². The van der Waals surface area contributed by atoms with Gasteiger partial charge in [-0.1, -0.05) is 6.07 Å². The van der Waals surface area contributed by atoms with Gasteiger partial charge in [0.25, 0.3) is 0 Å². The molecule has 2 aromatic rings. The minimum Gasteiger partial charge on any atom is -0.402 e. The van der Waals surface area contributed by atoms with Gasteiger partial charge in [-0.15, -0.1) is 11.3 Å². The quantitative estimate of drug-likeness (QED) is 0.622. The number of nitrogens with zero attached hydrogens (tertiary/aromatic N) is 1. The van der Waals surface area contributed by atoms with Gasteiger partial charge in [-0.2, -0.15) is 0 Å². The van der Waals surface area contributed by atoms with Gasteiger partial charge in [-0.3, -0.25) is 0 Å². The first-order valence-electron chi connectivity index (χ1n) is 5.54. The number of carbonyl (C=O) groups excluding carboxylic acids is 1. The van der Waals surface area contributed by atoms with Crippen LogP contribution in [-0.4, -0.2) is 11.9 Å². The fourth-order valence-corrected chi connectivity index (χ4v) is 2.28. The molecule has 0 aliphatic carbocycles. The van der Waals surface area contributed by atoms with Crippen molar-refractivity contribution in [2.24, 2.45) is 4.99 Å². The highest BCUT2D eigenvalue weighted by molar-refractivity contribution is 7.10. The van der Waals surface area contributed by atoms with E-state index in [4.69, 9.17) is 4.74 Å². The molecule has 3 rings (SSSR count). The maximum Gasteiger partial charge on any atom is 0.363 e. The van der Waals surface area contributed by atoms with E-state index in [-0.39, 0.29) is 17.4 Å². The standard InChI is InChI=1S/C14H8FNO2S/c15-10-5-3-9(4-6-10)13-16-12(14(17)18-13)8-11-2-1-7-19-11/h1-8H/b12-8-. The molecule has 3 nitrogen and oxygen atoms in total. The number of aliphatic imine (C=N–C) groups is 1. The lowest BCUT2D eigenvalue weighted by Crippen LogP contribution is -2.05. The molecule has 1 aliphatic rings. The van der Waals surface area contributed by atoms with E-state index in [2.05, 4.69) is 4.99 Å². The number of hydrogen-bond donors (Lipinski definition) is 0. The predicted octanol–water partition coefficient (Wildman–Crippen LogP) is 3.23. The van der Waals surface area contributed by atoms with Crippen LogP contribution in [0, 0.1) is 5.82 Å². The molecule has 0 radical (unpaired) electrons. The predicted molar refractivity (Wildman–Crippen MR) is 71.3 cm³/mol. The van der Waals surface area contributed by atoms with E-state index in [1.54, 1.807) is 6.08 Å². The van der Waals surface area contributed by atoms with E-state index in [0.29, 0.717) is 5.56 Å². The van der Waals surface area contributed by atoms with Gasteiger partial charge in [0.2, 0.25) is 5.90 Å². The Morgan fingerprint density at radius 2 is 2.00 bits per heavy atom. The molecule has 1 aliphatic heterocycles. The monoisotopic (exact) mass is 273 g/mol. The minimum absolute atomic E-state index is 0.202. The van der Waals surface area contributed by atoms with E-state index in [1.165, 1.54) is 35.6 Å². The maximum atomic E-state index is 12.8. The molecule has 5 heteroatoms. The highest BCUT2D eigenvalue weighted by Crippen LogP contribution is 2.21. The summed E-state index contributed by atoms with van der Waals surface area (Å²) in [5.74, 6) is -0.636. The van der Waals surface area contributed by atoms with Crippen molar-refractivity contribution in [1.82, 2.24) is 0 Å². The van der Waals surface area contributed by atoms with Crippen LogP contribution in [0.4, 0.5) is 4.39 Å². The second-order valence-electron chi connectivity index (χ2n) is 3.86. The van der Waals surface area contributed by atoms with Crippen LogP contribution >= 0.6 is 11.3 Å². The topological polar surface area (TPSA) is 38.7 Å². The van der Waals surface area contributed by atoms with Gasteiger partial charge in [-0.05, 0) is 41.8 Å². The third-order valence-electron chi connectivity index (χ3n) is 2.53. The van der Waals surface area contributed by atoms with Crippen LogP contribution in [0.5, 0.6) is 0 Å². The van der Waals surface area contributed by atoms with Crippen LogP contribution in [0.3, 0.4) is 0 Å². The Kier molecular flexibility index (Phi) is 2.97. The molecule has 1 aromatic carbocycles. The molecule has 0 bridgehead atoms. The van der Waals surface area contributed by atoms with Gasteiger partial charge < -0.3 is 4.74 Å². The number of carbonyl (C=O) groups is 1. The van der Waals surface area contributed by atoms with Crippen LogP contribution in [0.25, 0.3) is 6.08 Å². The van der Waals surface area contributed by atoms with Gasteiger partial charge in [0.15, 0.2) is 5.70 Å². The van der Waals surface area contributed by atoms with E-state index in [0.717, 1.165) is 4.88 Å². The fourth-order valence-electron chi connectivity index (χ4n) is 1.63. The number of hydrogen-bond acceptors (Lipinski definition) is 4. The van der Waals surface area contributed by atoms with Gasteiger partial charge in [0.05, 0.1) is 0 Å². The number of esters is 1. The zero-order valence-corrected chi connectivity index (χ0v) is 10.5. The smallest absolute Gasteiger partial charge is 0.363 e. The van der Waals surface area contributed by atoms with Crippen molar-refractivity contribution in [3.05, 3.63) is 63.7 Å². The Morgan fingerprint density at radius 3 is 2.68 bits per heavy atom. The molecule has 0 amide bonds. The Bertz CT molecular complexity index is 672. The number of halogens is 1. The van der Waals surface area contributed by atoms with Crippen LogP contribution in [-0.2, 0) is 9.53 Å². The van der Waals surface area contributed by atoms with Crippen LogP contribution < -0.4 is 0 Å². The number of benzene rings is 1. The molecule has 0 saturated heterocycles. The lowest BCUT2D eigenvalue weighted by atomic mass is 10.2. The second-order valence-corrected chi connectivity index (χ2v) is 4.84. The third-order valence-corrected chi connectivity index (χ3v) is 3.35. The van der Waals surface area contributed by atoms with Gasteiger partial charge in [0, 0.05) is 10.4 Å². The largest absolute Gasteiger partial charge is 0.402 e. The average molecular weight is 273 g/mol. The van der Waals surface area contributed by atoms with Crippen LogP contribution in [0.15, 0.2) is 52.5 Å². The van der Waals surface area contributed by atoms with E-state index >= 15 is 0 Å². The molecule has 0 saturated carbocycles. The average Bonchev–Trinajstić information content (AvgIpc) is 3.02. The lowest BCUT2D eigenvalue weighted by Gasteiger charge is -1.98. The van der Waals surface area contributed by atoms with Crippen LogP contribution in [0.2, 0.25) is 0 Å². The number of rotatable bonds is 2. The van der Waals surface area contributed by atoms with Crippen molar-refractivity contribution in [3.8, 4) is 0 Å². The minimum atomic E-state index is -0.493. The summed E-state index contributed by atoms with van der Waals surface area (Å²) in [5, 5.41) is 1.91. The molecule has 94 valence electrons. The summed E-state index contributed by atoms with van der Waals surface area (Å²) in [6.07, 6.45) is 1.67. The summed E-state index contributed by atoms with van der Waals surface area (Å²) in [6.45, 7) is 0. The van der Waals surface area contributed by atoms with Crippen molar-refractivity contribution in [2.45, 2.75) is 0 Å². The molecule has 2 heterocycles. The summed E-state index contributed by atoms with van der Waals surface area (Å²) < 4.78 is 17.9. The van der Waals surface area contributed by atoms with Crippen molar-refractivity contribution >= 4 is 29.3 Å². The summed E-state index contributed by atoms with van der Waals surface area (Å²) in [5.41, 5.74) is 0.825. The highest BCUT2D eigenvalue weighted by Gasteiger charge is 2.24. The van der Waals surface area contributed by atoms with Crippen molar-refractivity contribution in [2.75, 3.05) is 0 Å². The fraction of sp³-hybridized carbons (Fsp3) is 0. The Hall–Kier alpha value is -2.27. The molecule has 0 unspecified atom stereocenters. The summed E-state index contributed by atoms with van der Waals surface area (Å²) in [6, 6.07) is 9.42. The van der Waals surface area contributed by atoms with Gasteiger partial charge >= 0.3 is 5.97 Å². The molecule has 19 heavy (non-hydrogen) atoms. The zero-order chi connectivity index (χ0) is 13.2. The molecule has 0 fully saturated rings. The van der Waals surface area contributed by atoms with Crippen molar-refractivity contribution in [1.29, 1.82) is 0 Å². The summed E-state index contributed by atoms with van der Waals surface area (Å²) in [7, 11) is 0.